The van der Waals surface area contributed by atoms with E-state index in [0.29, 0.717) is 23.4 Å². The molecule has 0 aliphatic carbocycles. The van der Waals surface area contributed by atoms with E-state index in [4.69, 9.17) is 4.74 Å². The number of anilines is 1. The van der Waals surface area contributed by atoms with Crippen LogP contribution in [0.5, 0.6) is 5.75 Å². The van der Waals surface area contributed by atoms with Gasteiger partial charge in [-0.2, -0.15) is 0 Å². The second kappa shape index (κ2) is 8.56. The SMILES string of the molecule is CCn1c(NNC(=O)CCOc2cc(C)ccc2C)nc2ccccc2c1=O. The number of aryl methyl sites for hydroxylation is 2. The Kier molecular flexibility index (Phi) is 5.93. The van der Waals surface area contributed by atoms with Crippen molar-refractivity contribution in [1.82, 2.24) is 15.0 Å². The van der Waals surface area contributed by atoms with Crippen molar-refractivity contribution in [2.24, 2.45) is 0 Å². The minimum Gasteiger partial charge on any atom is -0.493 e. The Balaban J connectivity index is 1.61. The van der Waals surface area contributed by atoms with Gasteiger partial charge < -0.3 is 4.74 Å². The molecule has 1 heterocycles. The number of amides is 1. The van der Waals surface area contributed by atoms with Gasteiger partial charge in [-0.05, 0) is 50.1 Å². The number of ether oxygens (including phenoxy) is 1. The summed E-state index contributed by atoms with van der Waals surface area (Å²) < 4.78 is 7.18. The number of rotatable bonds is 7. The molecule has 0 radical (unpaired) electrons. The number of fused-ring (bicyclic) bond motifs is 1. The molecule has 3 aromatic rings. The molecule has 0 aliphatic rings. The van der Waals surface area contributed by atoms with Crippen LogP contribution >= 0.6 is 0 Å². The van der Waals surface area contributed by atoms with Gasteiger partial charge >= 0.3 is 0 Å². The molecule has 0 bridgehead atoms. The van der Waals surface area contributed by atoms with Crippen LogP contribution in [0, 0.1) is 13.8 Å². The highest BCUT2D eigenvalue weighted by atomic mass is 16.5. The Hall–Kier alpha value is -3.35. The van der Waals surface area contributed by atoms with Crippen molar-refractivity contribution in [2.45, 2.75) is 33.7 Å². The first-order valence-electron chi connectivity index (χ1n) is 9.24. The minimum atomic E-state index is -0.254. The smallest absolute Gasteiger partial charge is 0.262 e. The molecule has 3 rings (SSSR count). The van der Waals surface area contributed by atoms with Gasteiger partial charge in [-0.25, -0.2) is 4.98 Å². The number of hydrogen-bond acceptors (Lipinski definition) is 5. The number of nitrogens with one attached hydrogen (secondary N) is 2. The highest BCUT2D eigenvalue weighted by molar-refractivity contribution is 5.80. The third-order valence-corrected chi connectivity index (χ3v) is 4.42. The maximum absolute atomic E-state index is 12.6. The molecular weight excluding hydrogens is 356 g/mol. The number of hydrogen-bond donors (Lipinski definition) is 2. The van der Waals surface area contributed by atoms with E-state index in [1.54, 1.807) is 18.2 Å². The van der Waals surface area contributed by atoms with Gasteiger partial charge in [0.2, 0.25) is 11.9 Å². The van der Waals surface area contributed by atoms with Gasteiger partial charge in [-0.15, -0.1) is 0 Å². The summed E-state index contributed by atoms with van der Waals surface area (Å²) in [4.78, 5) is 29.1. The maximum Gasteiger partial charge on any atom is 0.262 e. The van der Waals surface area contributed by atoms with Crippen molar-refractivity contribution >= 4 is 22.8 Å². The molecular formula is C21H24N4O3. The van der Waals surface area contributed by atoms with Crippen LogP contribution in [0.15, 0.2) is 47.3 Å². The van der Waals surface area contributed by atoms with E-state index in [2.05, 4.69) is 15.8 Å². The number of hydrazine groups is 1. The zero-order valence-corrected chi connectivity index (χ0v) is 16.3. The topological polar surface area (TPSA) is 85.2 Å². The van der Waals surface area contributed by atoms with Gasteiger partial charge in [0.15, 0.2) is 0 Å². The van der Waals surface area contributed by atoms with Crippen LogP contribution in [0.4, 0.5) is 5.95 Å². The van der Waals surface area contributed by atoms with Gasteiger partial charge in [0.25, 0.3) is 5.56 Å². The van der Waals surface area contributed by atoms with E-state index in [1.165, 1.54) is 4.57 Å². The molecule has 28 heavy (non-hydrogen) atoms. The Labute approximate surface area is 163 Å². The Morgan fingerprint density at radius 3 is 2.75 bits per heavy atom. The fraction of sp³-hybridized carbons (Fsp3) is 0.286. The van der Waals surface area contributed by atoms with Gasteiger partial charge in [0, 0.05) is 6.54 Å². The van der Waals surface area contributed by atoms with Crippen LogP contribution in [0.3, 0.4) is 0 Å². The van der Waals surface area contributed by atoms with Crippen LogP contribution in [0.2, 0.25) is 0 Å². The lowest BCUT2D eigenvalue weighted by Gasteiger charge is -2.14. The molecule has 0 aliphatic heterocycles. The predicted octanol–water partition coefficient (Wildman–Crippen LogP) is 2.95. The molecule has 0 fully saturated rings. The molecule has 0 atom stereocenters. The summed E-state index contributed by atoms with van der Waals surface area (Å²) in [6.07, 6.45) is 0.171. The Morgan fingerprint density at radius 2 is 1.96 bits per heavy atom. The summed E-state index contributed by atoms with van der Waals surface area (Å²) in [5.74, 6) is 0.821. The highest BCUT2D eigenvalue weighted by Gasteiger charge is 2.10. The third kappa shape index (κ3) is 4.31. The van der Waals surface area contributed by atoms with E-state index >= 15 is 0 Å². The normalized spacial score (nSPS) is 10.7. The van der Waals surface area contributed by atoms with E-state index in [1.807, 2.05) is 45.0 Å². The quantitative estimate of drug-likeness (QED) is 0.616. The van der Waals surface area contributed by atoms with Crippen LogP contribution in [0.25, 0.3) is 10.9 Å². The number of para-hydroxylation sites is 1. The zero-order valence-electron chi connectivity index (χ0n) is 16.3. The van der Waals surface area contributed by atoms with Gasteiger partial charge in [0.05, 0.1) is 23.9 Å². The first kappa shape index (κ1) is 19.4. The first-order chi connectivity index (χ1) is 13.5. The van der Waals surface area contributed by atoms with E-state index in [0.717, 1.165) is 16.9 Å². The number of aromatic nitrogens is 2. The Bertz CT molecular complexity index is 1060. The van der Waals surface area contributed by atoms with Gasteiger partial charge in [0.1, 0.15) is 5.75 Å². The fourth-order valence-corrected chi connectivity index (χ4v) is 2.86. The predicted molar refractivity (Wildman–Crippen MR) is 109 cm³/mol. The van der Waals surface area contributed by atoms with Crippen molar-refractivity contribution in [3.8, 4) is 5.75 Å². The van der Waals surface area contributed by atoms with Crippen molar-refractivity contribution < 1.29 is 9.53 Å². The maximum atomic E-state index is 12.6. The van der Waals surface area contributed by atoms with Crippen molar-refractivity contribution in [3.05, 3.63) is 63.9 Å². The highest BCUT2D eigenvalue weighted by Crippen LogP contribution is 2.19. The second-order valence-corrected chi connectivity index (χ2v) is 6.54. The van der Waals surface area contributed by atoms with Gasteiger partial charge in [-0.3, -0.25) is 25.0 Å². The van der Waals surface area contributed by atoms with Crippen LogP contribution in [-0.4, -0.2) is 22.1 Å². The molecule has 7 nitrogen and oxygen atoms in total. The molecule has 1 amide bonds. The molecule has 2 N–H and O–H groups in total. The molecule has 0 saturated heterocycles. The summed E-state index contributed by atoms with van der Waals surface area (Å²) in [7, 11) is 0. The zero-order chi connectivity index (χ0) is 20.1. The lowest BCUT2D eigenvalue weighted by atomic mass is 10.1. The van der Waals surface area contributed by atoms with E-state index in [-0.39, 0.29) is 24.5 Å². The number of benzene rings is 2. The standard InChI is InChI=1S/C21H24N4O3/c1-4-25-20(27)16-7-5-6-8-17(16)22-21(25)24-23-19(26)11-12-28-18-13-14(2)9-10-15(18)3/h5-10,13H,4,11-12H2,1-3H3,(H,22,24)(H,23,26). The van der Waals surface area contributed by atoms with Crippen molar-refractivity contribution in [1.29, 1.82) is 0 Å². The molecule has 146 valence electrons. The van der Waals surface area contributed by atoms with Crippen molar-refractivity contribution in [3.63, 3.8) is 0 Å². The fourth-order valence-electron chi connectivity index (χ4n) is 2.86. The minimum absolute atomic E-state index is 0.150. The molecule has 7 heteroatoms. The summed E-state index contributed by atoms with van der Waals surface area (Å²) in [5, 5.41) is 0.545. The monoisotopic (exact) mass is 380 g/mol. The number of carbonyl (C=O) groups excluding carboxylic acids is 1. The molecule has 2 aromatic carbocycles. The largest absolute Gasteiger partial charge is 0.493 e. The first-order valence-corrected chi connectivity index (χ1v) is 9.24. The summed E-state index contributed by atoms with van der Waals surface area (Å²) in [6.45, 7) is 6.50. The molecule has 0 unspecified atom stereocenters. The summed E-state index contributed by atoms with van der Waals surface area (Å²) >= 11 is 0. The van der Waals surface area contributed by atoms with Crippen molar-refractivity contribution in [2.75, 3.05) is 12.0 Å². The van der Waals surface area contributed by atoms with Gasteiger partial charge in [-0.1, -0.05) is 24.3 Å². The average molecular weight is 380 g/mol. The van der Waals surface area contributed by atoms with E-state index in [9.17, 15) is 9.59 Å². The second-order valence-electron chi connectivity index (χ2n) is 6.54. The molecule has 0 saturated carbocycles. The lowest BCUT2D eigenvalue weighted by Crippen LogP contribution is -2.34. The number of nitrogens with zero attached hydrogens (tertiary/aromatic N) is 2. The molecule has 0 spiro atoms. The Morgan fingerprint density at radius 1 is 1.18 bits per heavy atom. The van der Waals surface area contributed by atoms with Crippen LogP contribution in [0.1, 0.15) is 24.5 Å². The third-order valence-electron chi connectivity index (χ3n) is 4.42. The van der Waals surface area contributed by atoms with Crippen LogP contribution < -0.4 is 21.1 Å². The van der Waals surface area contributed by atoms with E-state index < -0.39 is 0 Å². The van der Waals surface area contributed by atoms with Crippen LogP contribution in [-0.2, 0) is 11.3 Å². The summed E-state index contributed by atoms with van der Waals surface area (Å²) in [5.41, 5.74) is 7.90. The number of carbonyl (C=O) groups is 1. The summed E-state index contributed by atoms with van der Waals surface area (Å²) in [6, 6.07) is 13.1. The average Bonchev–Trinajstić information content (AvgIpc) is 2.69. The molecule has 1 aromatic heterocycles. The lowest BCUT2D eigenvalue weighted by molar-refractivity contribution is -0.121.